The number of amides is 1. The first kappa shape index (κ1) is 15.4. The SMILES string of the molecule is Cc1nc(SCC(=O)Nc2ccc(C)c(N(C)C)c2)n[nH]1. The van der Waals surface area contributed by atoms with Crippen LogP contribution in [0.5, 0.6) is 0 Å². The third kappa shape index (κ3) is 4.22. The van der Waals surface area contributed by atoms with Crippen LogP contribution >= 0.6 is 11.8 Å². The van der Waals surface area contributed by atoms with Crippen LogP contribution < -0.4 is 10.2 Å². The second-order valence-electron chi connectivity index (χ2n) is 4.94. The Hall–Kier alpha value is -2.02. The number of carbonyl (C=O) groups excluding carboxylic acids is 1. The van der Waals surface area contributed by atoms with Crippen molar-refractivity contribution in [2.75, 3.05) is 30.1 Å². The van der Waals surface area contributed by atoms with Gasteiger partial charge in [-0.2, -0.15) is 0 Å². The maximum Gasteiger partial charge on any atom is 0.234 e. The molecule has 0 saturated carbocycles. The van der Waals surface area contributed by atoms with Crippen LogP contribution in [0.1, 0.15) is 11.4 Å². The van der Waals surface area contributed by atoms with E-state index in [1.54, 1.807) is 0 Å². The predicted molar refractivity (Wildman–Crippen MR) is 86.0 cm³/mol. The molecule has 2 rings (SSSR count). The third-order valence-electron chi connectivity index (χ3n) is 2.88. The fourth-order valence-electron chi connectivity index (χ4n) is 1.88. The van der Waals surface area contributed by atoms with Crippen molar-refractivity contribution in [3.05, 3.63) is 29.6 Å². The van der Waals surface area contributed by atoms with Gasteiger partial charge in [0.1, 0.15) is 5.82 Å². The maximum atomic E-state index is 11.9. The standard InChI is InChI=1S/C14H19N5OS/c1-9-5-6-11(7-12(9)19(3)4)16-13(20)8-21-14-15-10(2)17-18-14/h5-7H,8H2,1-4H3,(H,16,20)(H,15,17,18). The van der Waals surface area contributed by atoms with Crippen LogP contribution in [0, 0.1) is 13.8 Å². The molecule has 112 valence electrons. The quantitative estimate of drug-likeness (QED) is 0.829. The van der Waals surface area contributed by atoms with Gasteiger partial charge in [-0.15, -0.1) is 5.10 Å². The summed E-state index contributed by atoms with van der Waals surface area (Å²) < 4.78 is 0. The molecule has 1 aromatic carbocycles. The van der Waals surface area contributed by atoms with Gasteiger partial charge in [0, 0.05) is 25.5 Å². The Kier molecular flexibility index (Phi) is 4.85. The summed E-state index contributed by atoms with van der Waals surface area (Å²) in [5.41, 5.74) is 3.05. The lowest BCUT2D eigenvalue weighted by Crippen LogP contribution is -2.15. The molecule has 1 aromatic heterocycles. The summed E-state index contributed by atoms with van der Waals surface area (Å²) in [6.45, 7) is 3.87. The molecule has 1 heterocycles. The molecule has 6 nitrogen and oxygen atoms in total. The van der Waals surface area contributed by atoms with Gasteiger partial charge in [-0.1, -0.05) is 17.8 Å². The number of rotatable bonds is 5. The van der Waals surface area contributed by atoms with Crippen molar-refractivity contribution < 1.29 is 4.79 Å². The lowest BCUT2D eigenvalue weighted by atomic mass is 10.1. The van der Waals surface area contributed by atoms with Crippen LogP contribution in [0.15, 0.2) is 23.4 Å². The van der Waals surface area contributed by atoms with Gasteiger partial charge >= 0.3 is 0 Å². The zero-order valence-corrected chi connectivity index (χ0v) is 13.4. The number of anilines is 2. The number of aromatic amines is 1. The van der Waals surface area contributed by atoms with E-state index in [-0.39, 0.29) is 11.7 Å². The summed E-state index contributed by atoms with van der Waals surface area (Å²) in [6, 6.07) is 5.87. The Balaban J connectivity index is 1.95. The van der Waals surface area contributed by atoms with Crippen molar-refractivity contribution in [2.45, 2.75) is 19.0 Å². The highest BCUT2D eigenvalue weighted by Crippen LogP contribution is 2.22. The van der Waals surface area contributed by atoms with Crippen LogP contribution in [-0.4, -0.2) is 40.9 Å². The number of aryl methyl sites for hydroxylation is 2. The number of nitrogens with zero attached hydrogens (tertiary/aromatic N) is 3. The average molecular weight is 305 g/mol. The van der Waals surface area contributed by atoms with Gasteiger partial charge in [0.2, 0.25) is 11.1 Å². The minimum atomic E-state index is -0.0731. The Labute approximate surface area is 128 Å². The Morgan fingerprint density at radius 2 is 2.14 bits per heavy atom. The highest BCUT2D eigenvalue weighted by Gasteiger charge is 2.08. The van der Waals surface area contributed by atoms with Crippen molar-refractivity contribution in [2.24, 2.45) is 0 Å². The van der Waals surface area contributed by atoms with Gasteiger partial charge in [0.05, 0.1) is 5.75 Å². The molecule has 2 N–H and O–H groups in total. The topological polar surface area (TPSA) is 73.9 Å². The van der Waals surface area contributed by atoms with Crippen molar-refractivity contribution >= 4 is 29.0 Å². The predicted octanol–water partition coefficient (Wildman–Crippen LogP) is 2.22. The number of H-pyrrole nitrogens is 1. The smallest absolute Gasteiger partial charge is 0.234 e. The summed E-state index contributed by atoms with van der Waals surface area (Å²) in [5, 5.41) is 10.2. The van der Waals surface area contributed by atoms with Crippen LogP contribution in [0.3, 0.4) is 0 Å². The molecule has 0 aliphatic carbocycles. The molecule has 0 unspecified atom stereocenters. The van der Waals surface area contributed by atoms with Crippen LogP contribution in [0.4, 0.5) is 11.4 Å². The second-order valence-corrected chi connectivity index (χ2v) is 5.88. The maximum absolute atomic E-state index is 11.9. The first-order valence-electron chi connectivity index (χ1n) is 6.55. The van der Waals surface area contributed by atoms with E-state index in [4.69, 9.17) is 0 Å². The lowest BCUT2D eigenvalue weighted by molar-refractivity contribution is -0.113. The molecule has 2 aromatic rings. The van der Waals surface area contributed by atoms with Crippen LogP contribution in [-0.2, 0) is 4.79 Å². The summed E-state index contributed by atoms with van der Waals surface area (Å²) in [4.78, 5) is 18.1. The van der Waals surface area contributed by atoms with E-state index in [0.29, 0.717) is 5.16 Å². The zero-order chi connectivity index (χ0) is 15.4. The van der Waals surface area contributed by atoms with Gasteiger partial charge < -0.3 is 10.2 Å². The number of hydrogen-bond donors (Lipinski definition) is 2. The highest BCUT2D eigenvalue weighted by atomic mass is 32.2. The molecule has 21 heavy (non-hydrogen) atoms. The fourth-order valence-corrected chi connectivity index (χ4v) is 2.53. The van der Waals surface area contributed by atoms with E-state index in [1.165, 1.54) is 17.3 Å². The molecule has 7 heteroatoms. The molecule has 0 aliphatic rings. The van der Waals surface area contributed by atoms with E-state index in [2.05, 4.69) is 20.5 Å². The summed E-state index contributed by atoms with van der Waals surface area (Å²) in [6.07, 6.45) is 0. The number of hydrogen-bond acceptors (Lipinski definition) is 5. The average Bonchev–Trinajstić information content (AvgIpc) is 2.84. The molecule has 0 fully saturated rings. The van der Waals surface area contributed by atoms with Crippen molar-refractivity contribution in [3.8, 4) is 0 Å². The first-order chi connectivity index (χ1) is 9.95. The van der Waals surface area contributed by atoms with E-state index in [9.17, 15) is 4.79 Å². The van der Waals surface area contributed by atoms with Gasteiger partial charge in [0.25, 0.3) is 0 Å². The first-order valence-corrected chi connectivity index (χ1v) is 7.54. The normalized spacial score (nSPS) is 10.5. The number of benzene rings is 1. The Morgan fingerprint density at radius 3 is 2.76 bits per heavy atom. The molecular formula is C14H19N5OS. The second kappa shape index (κ2) is 6.62. The number of thioether (sulfide) groups is 1. The van der Waals surface area contributed by atoms with Crippen molar-refractivity contribution in [3.63, 3.8) is 0 Å². The molecule has 0 saturated heterocycles. The van der Waals surface area contributed by atoms with Crippen LogP contribution in [0.25, 0.3) is 0 Å². The number of aromatic nitrogens is 3. The van der Waals surface area contributed by atoms with Gasteiger partial charge in [0.15, 0.2) is 0 Å². The van der Waals surface area contributed by atoms with E-state index in [0.717, 1.165) is 17.2 Å². The summed E-state index contributed by atoms with van der Waals surface area (Å²) >= 11 is 1.31. The Bertz CT molecular complexity index is 638. The lowest BCUT2D eigenvalue weighted by Gasteiger charge is -2.17. The van der Waals surface area contributed by atoms with Gasteiger partial charge in [-0.3, -0.25) is 9.89 Å². The van der Waals surface area contributed by atoms with Crippen molar-refractivity contribution in [1.82, 2.24) is 15.2 Å². The molecule has 0 bridgehead atoms. The fraction of sp³-hybridized carbons (Fsp3) is 0.357. The summed E-state index contributed by atoms with van der Waals surface area (Å²) in [7, 11) is 3.96. The van der Waals surface area contributed by atoms with E-state index in [1.807, 2.05) is 51.0 Å². The number of nitrogens with one attached hydrogen (secondary N) is 2. The highest BCUT2D eigenvalue weighted by molar-refractivity contribution is 7.99. The summed E-state index contributed by atoms with van der Waals surface area (Å²) in [5.74, 6) is 0.950. The monoisotopic (exact) mass is 305 g/mol. The number of carbonyl (C=O) groups is 1. The van der Waals surface area contributed by atoms with Crippen molar-refractivity contribution in [1.29, 1.82) is 0 Å². The minimum Gasteiger partial charge on any atom is -0.377 e. The molecule has 1 amide bonds. The largest absolute Gasteiger partial charge is 0.377 e. The minimum absolute atomic E-state index is 0.0731. The molecule has 0 spiro atoms. The molecule has 0 atom stereocenters. The molecule has 0 radical (unpaired) electrons. The Morgan fingerprint density at radius 1 is 1.38 bits per heavy atom. The van der Waals surface area contributed by atoms with Crippen LogP contribution in [0.2, 0.25) is 0 Å². The van der Waals surface area contributed by atoms with Gasteiger partial charge in [-0.25, -0.2) is 4.98 Å². The molecular weight excluding hydrogens is 286 g/mol. The zero-order valence-electron chi connectivity index (χ0n) is 12.6. The van der Waals surface area contributed by atoms with Gasteiger partial charge in [-0.05, 0) is 31.5 Å². The van der Waals surface area contributed by atoms with E-state index < -0.39 is 0 Å². The van der Waals surface area contributed by atoms with E-state index >= 15 is 0 Å². The molecule has 0 aliphatic heterocycles. The third-order valence-corrected chi connectivity index (χ3v) is 3.73.